The monoisotopic (exact) mass is 683 g/mol. The highest BCUT2D eigenvalue weighted by atomic mass is 32.2. The Morgan fingerprint density at radius 1 is 0.745 bits per heavy atom. The van der Waals surface area contributed by atoms with Crippen LogP contribution in [0.2, 0.25) is 0 Å². The van der Waals surface area contributed by atoms with Crippen LogP contribution in [0.5, 0.6) is 0 Å². The van der Waals surface area contributed by atoms with Crippen LogP contribution in [0.1, 0.15) is 0 Å². The van der Waals surface area contributed by atoms with Gasteiger partial charge in [0.25, 0.3) is 0 Å². The second-order valence-corrected chi connectivity index (χ2v) is 13.7. The summed E-state index contributed by atoms with van der Waals surface area (Å²) in [5.74, 6) is 1.87. The fourth-order valence-electron chi connectivity index (χ4n) is 5.49. The number of benzene rings is 5. The smallest absolute Gasteiger partial charge is 0.204 e. The third-order valence-electron chi connectivity index (χ3n) is 7.76. The summed E-state index contributed by atoms with van der Waals surface area (Å²) in [7, 11) is 0. The molecule has 6 rings (SSSR count). The normalized spacial score (nSPS) is 12.7. The van der Waals surface area contributed by atoms with E-state index in [2.05, 4.69) is 33.7 Å². The molecule has 4 aromatic rings. The van der Waals surface area contributed by atoms with Crippen LogP contribution in [0.15, 0.2) is 140 Å². The van der Waals surface area contributed by atoms with E-state index in [9.17, 15) is 19.0 Å². The number of nitrogens with zero attached hydrogens (tertiary/aromatic N) is 2. The minimum atomic E-state index is -2.21. The van der Waals surface area contributed by atoms with E-state index >= 15 is 0 Å². The predicted octanol–water partition coefficient (Wildman–Crippen LogP) is 6.85. The lowest BCUT2D eigenvalue weighted by Crippen LogP contribution is -2.32. The minimum Gasteiger partial charge on any atom is -0.456 e. The molecule has 0 amide bonds. The minimum absolute atomic E-state index is 0.00572. The van der Waals surface area contributed by atoms with E-state index in [1.807, 2.05) is 84.9 Å². The topological polar surface area (TPSA) is 97.1 Å². The number of rotatable bonds is 13. The van der Waals surface area contributed by atoms with Gasteiger partial charge in [0.15, 0.2) is 23.5 Å². The van der Waals surface area contributed by atoms with Gasteiger partial charge in [-0.15, -0.1) is 11.8 Å². The molecule has 4 aromatic carbocycles. The van der Waals surface area contributed by atoms with E-state index in [-0.39, 0.29) is 13.2 Å². The maximum atomic E-state index is 12.5. The molecule has 0 aromatic heterocycles. The highest BCUT2D eigenvalue weighted by Crippen LogP contribution is 2.42. The molecule has 1 heterocycles. The summed E-state index contributed by atoms with van der Waals surface area (Å²) in [5, 5.41) is 21.5. The molecule has 1 atom stereocenters. The molecule has 0 saturated carbocycles. The summed E-state index contributed by atoms with van der Waals surface area (Å²) in [4.78, 5) is 4.69. The number of hydrogen-bond acceptors (Lipinski definition) is 7. The van der Waals surface area contributed by atoms with Gasteiger partial charge in [0.05, 0.1) is 23.4 Å². The Kier molecular flexibility index (Phi) is 11.1. The van der Waals surface area contributed by atoms with Crippen molar-refractivity contribution < 1.29 is 23.4 Å². The summed E-state index contributed by atoms with van der Waals surface area (Å²) in [5.41, 5.74) is 3.76. The van der Waals surface area contributed by atoms with Gasteiger partial charge in [0.1, 0.15) is 18.0 Å². The van der Waals surface area contributed by atoms with Crippen molar-refractivity contribution in [3.05, 3.63) is 127 Å². The van der Waals surface area contributed by atoms with Crippen LogP contribution in [0.25, 0.3) is 33.4 Å². The second kappa shape index (κ2) is 15.8. The van der Waals surface area contributed by atoms with Crippen molar-refractivity contribution in [1.29, 1.82) is 0 Å². The maximum absolute atomic E-state index is 12.5. The van der Waals surface area contributed by atoms with Crippen molar-refractivity contribution in [2.75, 3.05) is 43.0 Å². The summed E-state index contributed by atoms with van der Waals surface area (Å²) in [6, 6.07) is 39.4. The molecule has 1 unspecified atom stereocenters. The second-order valence-electron chi connectivity index (χ2n) is 10.7. The molecule has 0 bridgehead atoms. The first-order valence-electron chi connectivity index (χ1n) is 15.2. The molecule has 3 N–H and O–H groups in total. The molecule has 0 radical (unpaired) electrons. The molecular formula is C37H35N2O5S3+. The molecule has 0 fully saturated rings. The number of aliphatic hydroxyl groups excluding tert-OH is 2. The molecule has 2 aliphatic rings. The Bertz CT molecular complexity index is 2020. The summed E-state index contributed by atoms with van der Waals surface area (Å²) in [6.07, 6.45) is 0. The molecule has 47 heavy (non-hydrogen) atoms. The van der Waals surface area contributed by atoms with Crippen LogP contribution in [-0.4, -0.2) is 57.0 Å². The first kappa shape index (κ1) is 33.0. The van der Waals surface area contributed by atoms with Gasteiger partial charge in [0, 0.05) is 56.2 Å². The quantitative estimate of drug-likeness (QED) is 0.0400. The average molecular weight is 684 g/mol. The SMILES string of the molecule is O=S(O)c1ccccc1-c1c2cc/c(=[N+](\CCO)CSc3ccccc3)cc-2oc2cc(N(CCO)CSc3ccccc3)ccc12. The van der Waals surface area contributed by atoms with Crippen LogP contribution in [0.3, 0.4) is 0 Å². The summed E-state index contributed by atoms with van der Waals surface area (Å²) >= 11 is 1.16. The van der Waals surface area contributed by atoms with Crippen molar-refractivity contribution in [2.45, 2.75) is 14.7 Å². The first-order chi connectivity index (χ1) is 23.1. The van der Waals surface area contributed by atoms with E-state index in [4.69, 9.17) is 4.42 Å². The van der Waals surface area contributed by atoms with Crippen molar-refractivity contribution >= 4 is 51.3 Å². The lowest BCUT2D eigenvalue weighted by atomic mass is 9.93. The van der Waals surface area contributed by atoms with Gasteiger partial charge in [-0.1, -0.05) is 66.4 Å². The van der Waals surface area contributed by atoms with Gasteiger partial charge >= 0.3 is 0 Å². The highest BCUT2D eigenvalue weighted by molar-refractivity contribution is 7.99. The number of thioether (sulfide) groups is 2. The standard InChI is InChI=1S/C37H34N2O5S3/c40-21-19-38(25-45-29-9-3-1-4-10-29)27-15-17-31-34(23-27)44-35-24-28(39(20-22-41)26-46-30-11-5-2-6-12-30)16-18-32(35)37(31)33-13-7-8-14-36(33)47(42)43/h1-18,23-24,40-41H,19-22,25-26H2/p+1. The average Bonchev–Trinajstić information content (AvgIpc) is 3.11. The zero-order chi connectivity index (χ0) is 32.6. The molecule has 1 aliphatic carbocycles. The van der Waals surface area contributed by atoms with Crippen molar-refractivity contribution in [2.24, 2.45) is 0 Å². The Morgan fingerprint density at radius 2 is 1.45 bits per heavy atom. The Morgan fingerprint density at radius 3 is 2.15 bits per heavy atom. The van der Waals surface area contributed by atoms with E-state index in [1.165, 1.54) is 0 Å². The molecule has 10 heteroatoms. The van der Waals surface area contributed by atoms with Gasteiger partial charge in [-0.25, -0.2) is 8.78 Å². The van der Waals surface area contributed by atoms with Gasteiger partial charge in [-0.05, 0) is 48.5 Å². The van der Waals surface area contributed by atoms with Gasteiger partial charge < -0.3 is 24.1 Å². The van der Waals surface area contributed by atoms with Crippen molar-refractivity contribution in [3.63, 3.8) is 0 Å². The number of anilines is 1. The van der Waals surface area contributed by atoms with E-state index in [0.29, 0.717) is 46.6 Å². The molecule has 240 valence electrons. The fraction of sp³-hybridized carbons (Fsp3) is 0.162. The first-order valence-corrected chi connectivity index (χ1v) is 18.2. The molecule has 1 aliphatic heterocycles. The van der Waals surface area contributed by atoms with Gasteiger partial charge in [0.2, 0.25) is 5.36 Å². The van der Waals surface area contributed by atoms with E-state index in [0.717, 1.165) is 37.3 Å². The highest BCUT2D eigenvalue weighted by Gasteiger charge is 2.23. The fourth-order valence-corrected chi connectivity index (χ4v) is 7.91. The Hall–Kier alpha value is -3.90. The zero-order valence-electron chi connectivity index (χ0n) is 25.6. The molecular weight excluding hydrogens is 649 g/mol. The van der Waals surface area contributed by atoms with Crippen molar-refractivity contribution in [1.82, 2.24) is 4.58 Å². The molecule has 0 spiro atoms. The molecule has 0 saturated heterocycles. The number of hydrogen-bond donors (Lipinski definition) is 3. The predicted molar refractivity (Wildman–Crippen MR) is 193 cm³/mol. The van der Waals surface area contributed by atoms with Gasteiger partial charge in [-0.3, -0.25) is 0 Å². The zero-order valence-corrected chi connectivity index (χ0v) is 28.0. The lowest BCUT2D eigenvalue weighted by Gasteiger charge is -2.24. The van der Waals surface area contributed by atoms with Crippen LogP contribution in [0, 0.1) is 0 Å². The number of aliphatic hydroxyl groups is 2. The van der Waals surface area contributed by atoms with Crippen LogP contribution >= 0.6 is 23.5 Å². The van der Waals surface area contributed by atoms with Crippen molar-refractivity contribution in [3.8, 4) is 22.5 Å². The molecule has 7 nitrogen and oxygen atoms in total. The van der Waals surface area contributed by atoms with Crippen LogP contribution in [0.4, 0.5) is 5.69 Å². The van der Waals surface area contributed by atoms with Crippen LogP contribution < -0.4 is 14.8 Å². The number of fused-ring (bicyclic) bond motifs is 2. The third kappa shape index (κ3) is 7.81. The van der Waals surface area contributed by atoms with Gasteiger partial charge in [-0.2, -0.15) is 0 Å². The maximum Gasteiger partial charge on any atom is 0.204 e. The summed E-state index contributed by atoms with van der Waals surface area (Å²) < 4.78 is 31.5. The lowest BCUT2D eigenvalue weighted by molar-refractivity contribution is 0.286. The third-order valence-corrected chi connectivity index (χ3v) is 10.6. The van der Waals surface area contributed by atoms with E-state index < -0.39 is 11.1 Å². The largest absolute Gasteiger partial charge is 0.456 e. The summed E-state index contributed by atoms with van der Waals surface area (Å²) in [6.45, 7) is 0.872. The van der Waals surface area contributed by atoms with Crippen LogP contribution in [-0.2, 0) is 11.1 Å². The Balaban J connectivity index is 1.51. The van der Waals surface area contributed by atoms with E-state index in [1.54, 1.807) is 35.7 Å². The Labute approximate surface area is 284 Å².